The zero-order chi connectivity index (χ0) is 20.5. The number of amides is 1. The highest BCUT2D eigenvalue weighted by atomic mass is 79.9. The molecular weight excluding hydrogens is 442 g/mol. The minimum atomic E-state index is -0.160. The van der Waals surface area contributed by atoms with Crippen molar-refractivity contribution in [3.63, 3.8) is 0 Å². The predicted octanol–water partition coefficient (Wildman–Crippen LogP) is 6.30. The van der Waals surface area contributed by atoms with Gasteiger partial charge in [0.05, 0.1) is 5.69 Å². The third-order valence-electron chi connectivity index (χ3n) is 4.76. The number of anilines is 1. The van der Waals surface area contributed by atoms with E-state index in [1.54, 1.807) is 16.8 Å². The zero-order valence-corrected chi connectivity index (χ0v) is 17.3. The first kappa shape index (κ1) is 18.4. The number of carbonyl (C=O) groups excluding carboxylic acids is 1. The van der Waals surface area contributed by atoms with Crippen molar-refractivity contribution < 1.29 is 9.21 Å². The maximum Gasteiger partial charge on any atom is 0.255 e. The van der Waals surface area contributed by atoms with E-state index >= 15 is 0 Å². The van der Waals surface area contributed by atoms with Crippen molar-refractivity contribution in [1.29, 1.82) is 0 Å². The van der Waals surface area contributed by atoms with E-state index in [4.69, 9.17) is 4.42 Å². The Balaban J connectivity index is 1.34. The molecule has 0 aliphatic rings. The van der Waals surface area contributed by atoms with Crippen molar-refractivity contribution in [2.24, 2.45) is 0 Å². The van der Waals surface area contributed by atoms with Crippen LogP contribution in [0.2, 0.25) is 0 Å². The highest BCUT2D eigenvalue weighted by Crippen LogP contribution is 2.27. The lowest BCUT2D eigenvalue weighted by molar-refractivity contribution is 0.102. The quantitative estimate of drug-likeness (QED) is 0.344. The molecule has 146 valence electrons. The third kappa shape index (κ3) is 3.65. The molecule has 1 N–H and O–H groups in total. The van der Waals surface area contributed by atoms with Gasteiger partial charge < -0.3 is 9.73 Å². The fourth-order valence-electron chi connectivity index (χ4n) is 3.21. The molecule has 0 unspecified atom stereocenters. The molecule has 0 bridgehead atoms. The molecule has 0 fully saturated rings. The fourth-order valence-corrected chi connectivity index (χ4v) is 3.47. The van der Waals surface area contributed by atoms with Gasteiger partial charge in [-0.25, -0.2) is 4.68 Å². The third-order valence-corrected chi connectivity index (χ3v) is 5.29. The topological polar surface area (TPSA) is 60.1 Å². The Labute approximate surface area is 181 Å². The van der Waals surface area contributed by atoms with E-state index in [0.29, 0.717) is 5.56 Å². The van der Waals surface area contributed by atoms with Gasteiger partial charge in [-0.15, -0.1) is 0 Å². The first-order chi connectivity index (χ1) is 14.7. The van der Waals surface area contributed by atoms with Crippen molar-refractivity contribution in [2.45, 2.75) is 0 Å². The van der Waals surface area contributed by atoms with Crippen LogP contribution in [0.4, 0.5) is 5.69 Å². The molecule has 0 aliphatic heterocycles. The Morgan fingerprint density at radius 2 is 1.70 bits per heavy atom. The number of benzene rings is 3. The average molecular weight is 458 g/mol. The fraction of sp³-hybridized carbons (Fsp3) is 0. The molecule has 5 nitrogen and oxygen atoms in total. The molecule has 0 spiro atoms. The second kappa shape index (κ2) is 7.65. The first-order valence-electron chi connectivity index (χ1n) is 9.38. The van der Waals surface area contributed by atoms with Gasteiger partial charge in [-0.3, -0.25) is 4.79 Å². The minimum absolute atomic E-state index is 0.160. The van der Waals surface area contributed by atoms with Gasteiger partial charge in [0.25, 0.3) is 5.91 Å². The molecule has 5 aromatic rings. The molecule has 3 aromatic carbocycles. The summed E-state index contributed by atoms with van der Waals surface area (Å²) in [6.07, 6.45) is 1.87. The number of fused-ring (bicyclic) bond motifs is 1. The normalized spacial score (nSPS) is 11.0. The summed E-state index contributed by atoms with van der Waals surface area (Å²) in [4.78, 5) is 12.5. The van der Waals surface area contributed by atoms with Crippen LogP contribution in [0.25, 0.3) is 28.1 Å². The van der Waals surface area contributed by atoms with E-state index in [9.17, 15) is 4.79 Å². The van der Waals surface area contributed by atoms with Gasteiger partial charge in [0.1, 0.15) is 11.3 Å². The second-order valence-corrected chi connectivity index (χ2v) is 7.72. The molecule has 1 amide bonds. The maximum absolute atomic E-state index is 12.5. The van der Waals surface area contributed by atoms with E-state index in [2.05, 4.69) is 26.3 Å². The summed E-state index contributed by atoms with van der Waals surface area (Å²) in [5.41, 5.74) is 3.77. The molecular formula is C24H16BrN3O2. The summed E-state index contributed by atoms with van der Waals surface area (Å²) in [6.45, 7) is 0. The summed E-state index contributed by atoms with van der Waals surface area (Å²) in [6, 6.07) is 26.5. The van der Waals surface area contributed by atoms with Crippen molar-refractivity contribution in [3.05, 3.63) is 101 Å². The van der Waals surface area contributed by atoms with Gasteiger partial charge in [-0.1, -0.05) is 34.1 Å². The monoisotopic (exact) mass is 457 g/mol. The number of halogens is 1. The number of nitrogens with zero attached hydrogens (tertiary/aromatic N) is 2. The Bertz CT molecular complexity index is 1300. The highest BCUT2D eigenvalue weighted by molar-refractivity contribution is 9.10. The van der Waals surface area contributed by atoms with Crippen LogP contribution in [-0.2, 0) is 0 Å². The van der Waals surface area contributed by atoms with Crippen molar-refractivity contribution >= 4 is 38.5 Å². The van der Waals surface area contributed by atoms with Gasteiger partial charge in [-0.05, 0) is 66.7 Å². The summed E-state index contributed by atoms with van der Waals surface area (Å²) in [5, 5.41) is 8.55. The lowest BCUT2D eigenvalue weighted by Crippen LogP contribution is -2.11. The number of hydrogen-bond acceptors (Lipinski definition) is 3. The number of nitrogens with one attached hydrogen (secondary N) is 1. The molecule has 5 rings (SSSR count). The summed E-state index contributed by atoms with van der Waals surface area (Å²) < 4.78 is 8.61. The van der Waals surface area contributed by atoms with E-state index in [1.165, 1.54) is 0 Å². The SMILES string of the molecule is O=C(Nc1ccc(Br)cc1)c1ccc(-n2ccc(-c3cc4ccccc4o3)n2)cc1. The highest BCUT2D eigenvalue weighted by Gasteiger charge is 2.11. The maximum atomic E-state index is 12.5. The number of rotatable bonds is 4. The molecule has 30 heavy (non-hydrogen) atoms. The van der Waals surface area contributed by atoms with Crippen molar-refractivity contribution in [3.8, 4) is 17.1 Å². The molecule has 0 radical (unpaired) electrons. The van der Waals surface area contributed by atoms with Gasteiger partial charge in [-0.2, -0.15) is 5.10 Å². The number of para-hydroxylation sites is 1. The summed E-state index contributed by atoms with van der Waals surface area (Å²) in [5.74, 6) is 0.563. The number of carbonyl (C=O) groups is 1. The number of hydrogen-bond donors (Lipinski definition) is 1. The van der Waals surface area contributed by atoms with E-state index in [1.807, 2.05) is 79.0 Å². The zero-order valence-electron chi connectivity index (χ0n) is 15.7. The van der Waals surface area contributed by atoms with Crippen LogP contribution >= 0.6 is 15.9 Å². The van der Waals surface area contributed by atoms with Crippen LogP contribution < -0.4 is 5.32 Å². The molecule has 6 heteroatoms. The van der Waals surface area contributed by atoms with Crippen LogP contribution in [0.3, 0.4) is 0 Å². The predicted molar refractivity (Wildman–Crippen MR) is 121 cm³/mol. The van der Waals surface area contributed by atoms with E-state index in [-0.39, 0.29) is 5.91 Å². The molecule has 2 heterocycles. The standard InChI is InChI=1S/C24H16BrN3O2/c25-18-7-9-19(10-8-18)26-24(29)16-5-11-20(12-6-16)28-14-13-21(27-28)23-15-17-3-1-2-4-22(17)30-23/h1-15H,(H,26,29). The van der Waals surface area contributed by atoms with Crippen LogP contribution in [0.15, 0.2) is 100 Å². The summed E-state index contributed by atoms with van der Waals surface area (Å²) >= 11 is 3.39. The molecule has 0 atom stereocenters. The smallest absolute Gasteiger partial charge is 0.255 e. The van der Waals surface area contributed by atoms with Crippen LogP contribution in [0.5, 0.6) is 0 Å². The van der Waals surface area contributed by atoms with Gasteiger partial charge >= 0.3 is 0 Å². The van der Waals surface area contributed by atoms with Gasteiger partial charge in [0.2, 0.25) is 0 Å². The average Bonchev–Trinajstić information content (AvgIpc) is 3.42. The number of furan rings is 1. The van der Waals surface area contributed by atoms with Gasteiger partial charge in [0.15, 0.2) is 5.76 Å². The van der Waals surface area contributed by atoms with E-state index < -0.39 is 0 Å². The Morgan fingerprint density at radius 3 is 2.47 bits per heavy atom. The van der Waals surface area contributed by atoms with E-state index in [0.717, 1.165) is 38.3 Å². The second-order valence-electron chi connectivity index (χ2n) is 6.80. The van der Waals surface area contributed by atoms with Gasteiger partial charge in [0, 0.05) is 27.3 Å². The largest absolute Gasteiger partial charge is 0.454 e. The van der Waals surface area contributed by atoms with Crippen LogP contribution in [0.1, 0.15) is 10.4 Å². The van der Waals surface area contributed by atoms with Crippen LogP contribution in [0, 0.1) is 0 Å². The molecule has 2 aromatic heterocycles. The Kier molecular flexibility index (Phi) is 4.69. The lowest BCUT2D eigenvalue weighted by atomic mass is 10.2. The Hall–Kier alpha value is -3.64. The van der Waals surface area contributed by atoms with Crippen molar-refractivity contribution in [1.82, 2.24) is 9.78 Å². The Morgan fingerprint density at radius 1 is 0.933 bits per heavy atom. The molecule has 0 saturated carbocycles. The molecule has 0 saturated heterocycles. The lowest BCUT2D eigenvalue weighted by Gasteiger charge is -2.07. The number of aromatic nitrogens is 2. The summed E-state index contributed by atoms with van der Waals surface area (Å²) in [7, 11) is 0. The minimum Gasteiger partial charge on any atom is -0.454 e. The first-order valence-corrected chi connectivity index (χ1v) is 10.2. The van der Waals surface area contributed by atoms with Crippen LogP contribution in [-0.4, -0.2) is 15.7 Å². The molecule has 0 aliphatic carbocycles. The van der Waals surface area contributed by atoms with Crippen molar-refractivity contribution in [2.75, 3.05) is 5.32 Å².